The zero-order valence-corrected chi connectivity index (χ0v) is 21.9. The fourth-order valence-corrected chi connectivity index (χ4v) is 4.32. The monoisotopic (exact) mass is 558 g/mol. The summed E-state index contributed by atoms with van der Waals surface area (Å²) in [5.41, 5.74) is 8.32. The minimum atomic E-state index is -2.39. The fraction of sp³-hybridized carbons (Fsp3) is 0.652. The molecule has 0 aromatic carbocycles. The second-order valence-corrected chi connectivity index (χ2v) is 9.75. The summed E-state index contributed by atoms with van der Waals surface area (Å²) < 4.78 is 6.79. The summed E-state index contributed by atoms with van der Waals surface area (Å²) in [7, 11) is 0. The van der Waals surface area contributed by atoms with Gasteiger partial charge in [0.05, 0.1) is 17.6 Å². The Morgan fingerprint density at radius 3 is 2.37 bits per heavy atom. The summed E-state index contributed by atoms with van der Waals surface area (Å²) in [6, 6.07) is -2.17. The zero-order valence-electron chi connectivity index (χ0n) is 20.3. The van der Waals surface area contributed by atoms with Crippen molar-refractivity contribution in [3.8, 4) is 0 Å². The number of nitrogens with zero attached hydrogens (tertiary/aromatic N) is 1. The minimum absolute atomic E-state index is 0.0927. The van der Waals surface area contributed by atoms with Gasteiger partial charge in [0.1, 0.15) is 18.4 Å². The Bertz CT molecular complexity index is 1070. The van der Waals surface area contributed by atoms with Crippen LogP contribution in [0.1, 0.15) is 58.7 Å². The number of halogens is 1. The lowest BCUT2D eigenvalue weighted by atomic mass is 9.78. The minimum Gasteiger partial charge on any atom is -0.382 e. The second-order valence-electron chi connectivity index (χ2n) is 9.22. The highest BCUT2D eigenvalue weighted by Gasteiger charge is 2.59. The van der Waals surface area contributed by atoms with Crippen LogP contribution in [0.3, 0.4) is 0 Å². The van der Waals surface area contributed by atoms with E-state index in [1.807, 2.05) is 13.8 Å². The molecule has 1 saturated heterocycles. The van der Waals surface area contributed by atoms with Crippen LogP contribution in [-0.4, -0.2) is 61.2 Å². The highest BCUT2D eigenvalue weighted by molar-refractivity contribution is 9.11. The van der Waals surface area contributed by atoms with E-state index in [0.717, 1.165) is 4.57 Å². The third kappa shape index (κ3) is 5.89. The molecule has 0 saturated carbocycles. The predicted molar refractivity (Wildman–Crippen MR) is 134 cm³/mol. The number of ether oxygens (including phenoxy) is 1. The van der Waals surface area contributed by atoms with E-state index in [2.05, 4.69) is 20.9 Å². The number of ketones is 2. The Morgan fingerprint density at radius 1 is 1.26 bits per heavy atom. The molecule has 12 heteroatoms. The van der Waals surface area contributed by atoms with Crippen LogP contribution < -0.4 is 22.7 Å². The van der Waals surface area contributed by atoms with Crippen LogP contribution in [0.25, 0.3) is 6.08 Å². The molecule has 0 amide bonds. The van der Waals surface area contributed by atoms with Crippen molar-refractivity contribution in [1.82, 2.24) is 9.55 Å². The first kappa shape index (κ1) is 29.3. The van der Waals surface area contributed by atoms with E-state index in [-0.39, 0.29) is 17.4 Å². The summed E-state index contributed by atoms with van der Waals surface area (Å²) in [5, 5.41) is 22.5. The van der Waals surface area contributed by atoms with Gasteiger partial charge in [-0.15, -0.1) is 0 Å². The summed E-state index contributed by atoms with van der Waals surface area (Å²) in [4.78, 5) is 54.5. The van der Waals surface area contributed by atoms with Crippen molar-refractivity contribution >= 4 is 33.6 Å². The van der Waals surface area contributed by atoms with Gasteiger partial charge in [-0.1, -0.05) is 56.5 Å². The summed E-state index contributed by atoms with van der Waals surface area (Å²) in [5.74, 6) is -2.21. The third-order valence-corrected chi connectivity index (χ3v) is 7.22. The van der Waals surface area contributed by atoms with Crippen LogP contribution in [0.4, 0.5) is 0 Å². The van der Waals surface area contributed by atoms with E-state index in [9.17, 15) is 29.4 Å². The lowest BCUT2D eigenvalue weighted by molar-refractivity contribution is -0.163. The smallest absolute Gasteiger partial charge is 0.330 e. The van der Waals surface area contributed by atoms with Crippen LogP contribution in [0.2, 0.25) is 0 Å². The average Bonchev–Trinajstić information content (AvgIpc) is 3.20. The van der Waals surface area contributed by atoms with Crippen molar-refractivity contribution in [1.29, 1.82) is 0 Å². The van der Waals surface area contributed by atoms with Crippen molar-refractivity contribution in [3.05, 3.63) is 37.6 Å². The van der Waals surface area contributed by atoms with Crippen molar-refractivity contribution in [2.24, 2.45) is 23.3 Å². The van der Waals surface area contributed by atoms with E-state index in [0.29, 0.717) is 12.8 Å². The molecule has 2 rings (SSSR count). The topological polar surface area (TPSA) is 191 Å². The molecule has 196 valence electrons. The summed E-state index contributed by atoms with van der Waals surface area (Å²) in [6.07, 6.45) is -1.76. The number of Topliss-reactive ketones (excluding diaryl/α,β-unsaturated/α-hetero) is 2. The van der Waals surface area contributed by atoms with E-state index in [1.54, 1.807) is 13.8 Å². The molecule has 3 unspecified atom stereocenters. The van der Waals surface area contributed by atoms with Gasteiger partial charge in [0, 0.05) is 12.6 Å². The average molecular weight is 559 g/mol. The van der Waals surface area contributed by atoms with Gasteiger partial charge >= 0.3 is 5.69 Å². The van der Waals surface area contributed by atoms with Crippen molar-refractivity contribution in [3.63, 3.8) is 0 Å². The molecule has 1 fully saturated rings. The molecule has 1 aromatic rings. The summed E-state index contributed by atoms with van der Waals surface area (Å²) >= 11 is 3.06. The highest BCUT2D eigenvalue weighted by Crippen LogP contribution is 2.40. The van der Waals surface area contributed by atoms with Crippen LogP contribution in [0, 0.1) is 11.8 Å². The van der Waals surface area contributed by atoms with Gasteiger partial charge in [-0.2, -0.15) is 0 Å². The number of nitrogens with one attached hydrogen (secondary N) is 1. The maximum absolute atomic E-state index is 13.4. The fourth-order valence-electron chi connectivity index (χ4n) is 4.04. The molecule has 7 N–H and O–H groups in total. The number of hydrogen-bond acceptors (Lipinski definition) is 9. The Kier molecular flexibility index (Phi) is 9.91. The first-order valence-corrected chi connectivity index (χ1v) is 12.5. The summed E-state index contributed by atoms with van der Waals surface area (Å²) in [6.45, 7) is 7.14. The van der Waals surface area contributed by atoms with Gasteiger partial charge < -0.3 is 26.4 Å². The van der Waals surface area contributed by atoms with Crippen molar-refractivity contribution < 1.29 is 24.5 Å². The zero-order chi connectivity index (χ0) is 26.7. The second kappa shape index (κ2) is 11.8. The van der Waals surface area contributed by atoms with Gasteiger partial charge in [0.15, 0.2) is 17.2 Å². The quantitative estimate of drug-likeness (QED) is 0.251. The molecule has 1 aromatic heterocycles. The van der Waals surface area contributed by atoms with E-state index < -0.39 is 65.4 Å². The number of aromatic nitrogens is 2. The molecular formula is C23H35BrN4O7. The van der Waals surface area contributed by atoms with Crippen LogP contribution >= 0.6 is 15.9 Å². The lowest BCUT2D eigenvalue weighted by Crippen LogP contribution is -2.61. The molecule has 1 aliphatic heterocycles. The van der Waals surface area contributed by atoms with Crippen LogP contribution in [0.15, 0.2) is 20.8 Å². The molecule has 0 radical (unpaired) electrons. The van der Waals surface area contributed by atoms with Gasteiger partial charge in [0.2, 0.25) is 0 Å². The Labute approximate surface area is 211 Å². The maximum atomic E-state index is 13.4. The molecule has 0 bridgehead atoms. The van der Waals surface area contributed by atoms with Gasteiger partial charge in [-0.3, -0.25) is 23.9 Å². The predicted octanol–water partition coefficient (Wildman–Crippen LogP) is 0.167. The van der Waals surface area contributed by atoms with Gasteiger partial charge in [0.25, 0.3) is 5.56 Å². The lowest BCUT2D eigenvalue weighted by Gasteiger charge is -2.34. The standard InChI is InChI=1S/C23H35BrN4O7/c1-5-11(3)15(25)17(29)18(30)20-23(34,19(31)16(26)12(4)6-2)9-14(35-20)28-10-13(7-8-24)21(32)27-22(28)33/h7-8,10-12,14-16,18,20,30,34H,5-6,9,25-26H2,1-4H3,(H,27,32,33)/b8-7+/t11?,12?,14-,15+,16+,18?,20-,23-/m1/s1. The number of carbonyl (C=O) groups excluding carboxylic acids is 2. The van der Waals surface area contributed by atoms with Gasteiger partial charge in [-0.05, 0) is 22.9 Å². The molecule has 2 heterocycles. The largest absolute Gasteiger partial charge is 0.382 e. The molecule has 8 atom stereocenters. The normalized spacial score (nSPS) is 26.9. The third-order valence-electron chi connectivity index (χ3n) is 6.96. The number of aliphatic hydroxyl groups excluding tert-OH is 1. The molecule has 11 nitrogen and oxygen atoms in total. The van der Waals surface area contributed by atoms with Crippen molar-refractivity contribution in [2.75, 3.05) is 0 Å². The van der Waals surface area contributed by atoms with E-state index in [1.165, 1.54) is 17.3 Å². The van der Waals surface area contributed by atoms with Crippen LogP contribution in [-0.2, 0) is 14.3 Å². The number of aromatic amines is 1. The number of aliphatic hydroxyl groups is 2. The number of hydrogen-bond donors (Lipinski definition) is 5. The Balaban J connectivity index is 2.57. The number of H-pyrrole nitrogens is 1. The molecule has 0 aliphatic carbocycles. The number of rotatable bonds is 11. The Morgan fingerprint density at radius 2 is 1.83 bits per heavy atom. The first-order valence-electron chi connectivity index (χ1n) is 11.6. The molecule has 1 aliphatic rings. The maximum Gasteiger partial charge on any atom is 0.330 e. The van der Waals surface area contributed by atoms with Gasteiger partial charge in [-0.25, -0.2) is 4.79 Å². The van der Waals surface area contributed by atoms with Crippen LogP contribution in [0.5, 0.6) is 0 Å². The van der Waals surface area contributed by atoms with E-state index >= 15 is 0 Å². The van der Waals surface area contributed by atoms with Crippen molar-refractivity contribution in [2.45, 2.75) is 83.1 Å². The number of carbonyl (C=O) groups is 2. The SMILES string of the molecule is CCC(C)[C@H](N)C(=O)C(O)[C@H]1O[C@@H](n2cc(/C=C/Br)c(=O)[nH]c2=O)C[C@@]1(O)C(=O)[C@@H](N)C(C)CC. The first-order chi connectivity index (χ1) is 16.3. The van der Waals surface area contributed by atoms with E-state index in [4.69, 9.17) is 16.2 Å². The molecule has 0 spiro atoms. The number of nitrogens with two attached hydrogens (primary N) is 2. The molecule has 35 heavy (non-hydrogen) atoms. The molecular weight excluding hydrogens is 524 g/mol. The highest BCUT2D eigenvalue weighted by atomic mass is 79.9. The Hall–Kier alpha value is -1.96.